The summed E-state index contributed by atoms with van der Waals surface area (Å²) in [6, 6.07) is 13.2. The van der Waals surface area contributed by atoms with Gasteiger partial charge in [0.2, 0.25) is 0 Å². The Kier molecular flexibility index (Phi) is 4.31. The van der Waals surface area contributed by atoms with Gasteiger partial charge >= 0.3 is 5.97 Å². The van der Waals surface area contributed by atoms with Gasteiger partial charge in [-0.15, -0.1) is 0 Å². The van der Waals surface area contributed by atoms with Crippen LogP contribution >= 0.6 is 0 Å². The molecule has 0 amide bonds. The maximum absolute atomic E-state index is 11.3. The summed E-state index contributed by atoms with van der Waals surface area (Å²) in [7, 11) is 1.37. The zero-order valence-electron chi connectivity index (χ0n) is 11.9. The lowest BCUT2D eigenvalue weighted by Gasteiger charge is -2.03. The predicted octanol–water partition coefficient (Wildman–Crippen LogP) is 3.84. The van der Waals surface area contributed by atoms with Crippen molar-refractivity contribution in [2.45, 2.75) is 13.8 Å². The van der Waals surface area contributed by atoms with Crippen molar-refractivity contribution in [3.63, 3.8) is 0 Å². The zero-order chi connectivity index (χ0) is 14.5. The van der Waals surface area contributed by atoms with E-state index in [1.807, 2.05) is 24.3 Å². The van der Waals surface area contributed by atoms with Crippen LogP contribution in [0, 0.1) is 13.8 Å². The number of nitrogens with zero attached hydrogens (tertiary/aromatic N) is 1. The van der Waals surface area contributed by atoms with Crippen molar-refractivity contribution in [2.24, 2.45) is 4.99 Å². The first-order chi connectivity index (χ1) is 9.61. The lowest BCUT2D eigenvalue weighted by molar-refractivity contribution is 0.0601. The smallest absolute Gasteiger partial charge is 0.337 e. The van der Waals surface area contributed by atoms with Gasteiger partial charge in [0.15, 0.2) is 0 Å². The largest absolute Gasteiger partial charge is 0.465 e. The number of benzene rings is 2. The van der Waals surface area contributed by atoms with Crippen molar-refractivity contribution in [2.75, 3.05) is 7.11 Å². The minimum absolute atomic E-state index is 0.331. The number of aliphatic imine (C=N–C) groups is 1. The van der Waals surface area contributed by atoms with Gasteiger partial charge in [-0.05, 0) is 48.7 Å². The Balaban J connectivity index is 2.19. The molecule has 0 spiro atoms. The maximum Gasteiger partial charge on any atom is 0.337 e. The molecule has 2 aromatic rings. The number of esters is 1. The molecule has 0 N–H and O–H groups in total. The van der Waals surface area contributed by atoms with E-state index < -0.39 is 0 Å². The SMILES string of the molecule is COC(=O)c1ccc(C=Nc2cccc(C)c2C)cc1. The van der Waals surface area contributed by atoms with Crippen LogP contribution in [-0.4, -0.2) is 19.3 Å². The molecule has 2 aromatic carbocycles. The van der Waals surface area contributed by atoms with Gasteiger partial charge in [0, 0.05) is 6.21 Å². The van der Waals surface area contributed by atoms with E-state index in [0.29, 0.717) is 5.56 Å². The Hall–Kier alpha value is -2.42. The Labute approximate surface area is 118 Å². The maximum atomic E-state index is 11.3. The van der Waals surface area contributed by atoms with Crippen molar-refractivity contribution in [1.29, 1.82) is 0 Å². The summed E-state index contributed by atoms with van der Waals surface area (Å²) in [4.78, 5) is 15.8. The Morgan fingerprint density at radius 3 is 2.45 bits per heavy atom. The topological polar surface area (TPSA) is 38.7 Å². The molecular weight excluding hydrogens is 250 g/mol. The van der Waals surface area contributed by atoms with Gasteiger partial charge in [-0.2, -0.15) is 0 Å². The van der Waals surface area contributed by atoms with Gasteiger partial charge in [0.05, 0.1) is 18.4 Å². The van der Waals surface area contributed by atoms with E-state index in [1.54, 1.807) is 18.3 Å². The Bertz CT molecular complexity index is 643. The highest BCUT2D eigenvalue weighted by Crippen LogP contribution is 2.21. The minimum atomic E-state index is -0.331. The first-order valence-electron chi connectivity index (χ1n) is 6.40. The highest BCUT2D eigenvalue weighted by molar-refractivity contribution is 5.91. The van der Waals surface area contributed by atoms with Crippen LogP contribution in [0.25, 0.3) is 0 Å². The lowest BCUT2D eigenvalue weighted by Crippen LogP contribution is -2.00. The van der Waals surface area contributed by atoms with Gasteiger partial charge in [-0.3, -0.25) is 4.99 Å². The zero-order valence-corrected chi connectivity index (χ0v) is 11.9. The van der Waals surface area contributed by atoms with E-state index in [4.69, 9.17) is 0 Å². The van der Waals surface area contributed by atoms with Gasteiger partial charge in [-0.25, -0.2) is 4.79 Å². The third kappa shape index (κ3) is 3.12. The van der Waals surface area contributed by atoms with Gasteiger partial charge in [0.25, 0.3) is 0 Å². The third-order valence-electron chi connectivity index (χ3n) is 3.26. The molecule has 3 heteroatoms. The summed E-state index contributed by atoms with van der Waals surface area (Å²) < 4.78 is 4.66. The first kappa shape index (κ1) is 14.0. The van der Waals surface area contributed by atoms with Crippen LogP contribution in [0.4, 0.5) is 5.69 Å². The third-order valence-corrected chi connectivity index (χ3v) is 3.26. The van der Waals surface area contributed by atoms with Crippen LogP contribution in [0.15, 0.2) is 47.5 Å². The minimum Gasteiger partial charge on any atom is -0.465 e. The number of aryl methyl sites for hydroxylation is 1. The van der Waals surface area contributed by atoms with Crippen molar-refractivity contribution in [3.8, 4) is 0 Å². The van der Waals surface area contributed by atoms with Crippen LogP contribution < -0.4 is 0 Å². The molecule has 0 fully saturated rings. The molecule has 2 rings (SSSR count). The van der Waals surface area contributed by atoms with E-state index in [0.717, 1.165) is 11.3 Å². The van der Waals surface area contributed by atoms with Crippen molar-refractivity contribution in [1.82, 2.24) is 0 Å². The fraction of sp³-hybridized carbons (Fsp3) is 0.176. The van der Waals surface area contributed by atoms with Crippen LogP contribution in [0.3, 0.4) is 0 Å². The molecule has 0 unspecified atom stereocenters. The van der Waals surface area contributed by atoms with Crippen molar-refractivity contribution < 1.29 is 9.53 Å². The van der Waals surface area contributed by atoms with Crippen LogP contribution in [0.5, 0.6) is 0 Å². The number of hydrogen-bond donors (Lipinski definition) is 0. The summed E-state index contributed by atoms with van der Waals surface area (Å²) >= 11 is 0. The monoisotopic (exact) mass is 267 g/mol. The predicted molar refractivity (Wildman–Crippen MR) is 81.0 cm³/mol. The average molecular weight is 267 g/mol. The molecule has 0 heterocycles. The van der Waals surface area contributed by atoms with Gasteiger partial charge in [-0.1, -0.05) is 24.3 Å². The highest BCUT2D eigenvalue weighted by atomic mass is 16.5. The van der Waals surface area contributed by atoms with E-state index in [1.165, 1.54) is 18.2 Å². The molecule has 20 heavy (non-hydrogen) atoms. The van der Waals surface area contributed by atoms with Crippen LogP contribution in [-0.2, 0) is 4.74 Å². The normalized spacial score (nSPS) is 10.8. The van der Waals surface area contributed by atoms with Crippen molar-refractivity contribution in [3.05, 3.63) is 64.7 Å². The van der Waals surface area contributed by atoms with E-state index in [2.05, 4.69) is 29.6 Å². The number of ether oxygens (including phenoxy) is 1. The van der Waals surface area contributed by atoms with Crippen LogP contribution in [0.2, 0.25) is 0 Å². The molecule has 102 valence electrons. The summed E-state index contributed by atoms with van der Waals surface area (Å²) in [5, 5.41) is 0. The molecule has 0 aliphatic rings. The second-order valence-electron chi connectivity index (χ2n) is 4.59. The lowest BCUT2D eigenvalue weighted by atomic mass is 10.1. The fourth-order valence-corrected chi connectivity index (χ4v) is 1.84. The van der Waals surface area contributed by atoms with Crippen molar-refractivity contribution >= 4 is 17.9 Å². The number of carbonyl (C=O) groups excluding carboxylic acids is 1. The number of rotatable bonds is 3. The van der Waals surface area contributed by atoms with Gasteiger partial charge in [0.1, 0.15) is 0 Å². The average Bonchev–Trinajstić information content (AvgIpc) is 2.48. The second kappa shape index (κ2) is 6.15. The fourth-order valence-electron chi connectivity index (χ4n) is 1.84. The Morgan fingerprint density at radius 2 is 1.80 bits per heavy atom. The number of hydrogen-bond acceptors (Lipinski definition) is 3. The quantitative estimate of drug-likeness (QED) is 0.626. The summed E-state index contributed by atoms with van der Waals surface area (Å²) in [5.74, 6) is -0.331. The molecule has 3 nitrogen and oxygen atoms in total. The van der Waals surface area contributed by atoms with E-state index in [9.17, 15) is 4.79 Å². The Morgan fingerprint density at radius 1 is 1.10 bits per heavy atom. The molecule has 0 bridgehead atoms. The number of carbonyl (C=O) groups is 1. The second-order valence-corrected chi connectivity index (χ2v) is 4.59. The number of methoxy groups -OCH3 is 1. The van der Waals surface area contributed by atoms with E-state index in [-0.39, 0.29) is 5.97 Å². The molecule has 0 atom stereocenters. The summed E-state index contributed by atoms with van der Waals surface area (Å²) in [6.45, 7) is 4.13. The molecule has 0 aromatic heterocycles. The standard InChI is InChI=1S/C17H17NO2/c1-12-5-4-6-16(13(12)2)18-11-14-7-9-15(10-8-14)17(19)20-3/h4-11H,1-3H3. The van der Waals surface area contributed by atoms with E-state index >= 15 is 0 Å². The summed E-state index contributed by atoms with van der Waals surface area (Å²) in [6.07, 6.45) is 1.79. The highest BCUT2D eigenvalue weighted by Gasteiger charge is 2.03. The summed E-state index contributed by atoms with van der Waals surface area (Å²) in [5.41, 5.74) is 4.84. The molecule has 0 radical (unpaired) electrons. The molecule has 0 saturated heterocycles. The molecule has 0 aliphatic carbocycles. The van der Waals surface area contributed by atoms with Crippen LogP contribution in [0.1, 0.15) is 27.0 Å². The van der Waals surface area contributed by atoms with Gasteiger partial charge < -0.3 is 4.74 Å². The molecule has 0 aliphatic heterocycles. The first-order valence-corrected chi connectivity index (χ1v) is 6.40. The molecular formula is C17H17NO2. The molecule has 0 saturated carbocycles.